The molecule has 1 amide bonds. The molecule has 0 saturated heterocycles. The molecule has 4 nitrogen and oxygen atoms in total. The molecule has 0 radical (unpaired) electrons. The minimum absolute atomic E-state index is 0.179. The van der Waals surface area contributed by atoms with E-state index in [4.69, 9.17) is 0 Å². The van der Waals surface area contributed by atoms with Crippen molar-refractivity contribution in [1.82, 2.24) is 4.90 Å². The van der Waals surface area contributed by atoms with Crippen molar-refractivity contribution >= 4 is 12.4 Å². The SMILES string of the molecule is CCCN(C=O)C1(C(=O)O)C2CC3CC(C2)CC1C3. The van der Waals surface area contributed by atoms with Gasteiger partial charge < -0.3 is 10.0 Å². The molecule has 4 saturated carbocycles. The molecule has 0 aromatic heterocycles. The van der Waals surface area contributed by atoms with E-state index < -0.39 is 11.5 Å². The first-order valence-corrected chi connectivity index (χ1v) is 7.58. The van der Waals surface area contributed by atoms with E-state index in [1.165, 1.54) is 6.42 Å². The van der Waals surface area contributed by atoms with E-state index in [-0.39, 0.29) is 11.8 Å². The Bertz CT molecular complexity index is 365. The van der Waals surface area contributed by atoms with Crippen LogP contribution in [0.25, 0.3) is 0 Å². The van der Waals surface area contributed by atoms with Crippen LogP contribution in [0, 0.1) is 23.7 Å². The van der Waals surface area contributed by atoms with Gasteiger partial charge in [0.05, 0.1) is 0 Å². The number of carbonyl (C=O) groups excluding carboxylic acids is 1. The van der Waals surface area contributed by atoms with Crippen molar-refractivity contribution in [3.63, 3.8) is 0 Å². The first kappa shape index (κ1) is 12.9. The lowest BCUT2D eigenvalue weighted by atomic mass is 9.48. The highest BCUT2D eigenvalue weighted by atomic mass is 16.4. The number of hydrogen-bond acceptors (Lipinski definition) is 2. The third-order valence-corrected chi connectivity index (χ3v) is 5.79. The lowest BCUT2D eigenvalue weighted by Crippen LogP contribution is -2.69. The van der Waals surface area contributed by atoms with Crippen molar-refractivity contribution in [1.29, 1.82) is 0 Å². The van der Waals surface area contributed by atoms with Crippen molar-refractivity contribution in [3.8, 4) is 0 Å². The van der Waals surface area contributed by atoms with Crippen LogP contribution in [0.2, 0.25) is 0 Å². The van der Waals surface area contributed by atoms with Gasteiger partial charge in [0, 0.05) is 6.54 Å². The molecule has 4 fully saturated rings. The third-order valence-electron chi connectivity index (χ3n) is 5.79. The van der Waals surface area contributed by atoms with E-state index in [2.05, 4.69) is 0 Å². The van der Waals surface area contributed by atoms with E-state index in [1.54, 1.807) is 4.90 Å². The molecule has 0 aromatic carbocycles. The molecular formula is C15H23NO3. The summed E-state index contributed by atoms with van der Waals surface area (Å²) in [7, 11) is 0. The van der Waals surface area contributed by atoms with Gasteiger partial charge in [-0.2, -0.15) is 0 Å². The maximum Gasteiger partial charge on any atom is 0.330 e. The molecule has 4 bridgehead atoms. The van der Waals surface area contributed by atoms with Crippen molar-refractivity contribution in [2.75, 3.05) is 6.54 Å². The van der Waals surface area contributed by atoms with Crippen LogP contribution in [0.1, 0.15) is 45.4 Å². The number of carbonyl (C=O) groups is 2. The topological polar surface area (TPSA) is 57.6 Å². The zero-order valence-corrected chi connectivity index (χ0v) is 11.5. The zero-order valence-electron chi connectivity index (χ0n) is 11.5. The number of amides is 1. The van der Waals surface area contributed by atoms with Crippen LogP contribution in [0.5, 0.6) is 0 Å². The quantitative estimate of drug-likeness (QED) is 0.775. The number of rotatable bonds is 5. The fourth-order valence-electron chi connectivity index (χ4n) is 5.41. The number of nitrogens with zero attached hydrogens (tertiary/aromatic N) is 1. The molecule has 4 aliphatic carbocycles. The predicted molar refractivity (Wildman–Crippen MR) is 70.5 cm³/mol. The lowest BCUT2D eigenvalue weighted by Gasteiger charge is -2.61. The predicted octanol–water partition coefficient (Wildman–Crippen LogP) is 2.13. The Morgan fingerprint density at radius 3 is 2.11 bits per heavy atom. The summed E-state index contributed by atoms with van der Waals surface area (Å²) in [6, 6.07) is 0. The van der Waals surface area contributed by atoms with Crippen LogP contribution in [-0.2, 0) is 9.59 Å². The summed E-state index contributed by atoms with van der Waals surface area (Å²) in [5, 5.41) is 9.92. The number of carboxylic acid groups (broad SMARTS) is 1. The second kappa shape index (κ2) is 4.50. The van der Waals surface area contributed by atoms with Crippen LogP contribution < -0.4 is 0 Å². The summed E-state index contributed by atoms with van der Waals surface area (Å²) < 4.78 is 0. The highest BCUT2D eigenvalue weighted by Crippen LogP contribution is 2.60. The summed E-state index contributed by atoms with van der Waals surface area (Å²) in [6.07, 6.45) is 6.93. The molecule has 0 spiro atoms. The van der Waals surface area contributed by atoms with Gasteiger partial charge in [-0.3, -0.25) is 4.79 Å². The normalized spacial score (nSPS) is 43.2. The van der Waals surface area contributed by atoms with Gasteiger partial charge in [-0.25, -0.2) is 4.79 Å². The van der Waals surface area contributed by atoms with Crippen LogP contribution in [0.15, 0.2) is 0 Å². The fourth-order valence-corrected chi connectivity index (χ4v) is 5.41. The van der Waals surface area contributed by atoms with Crippen LogP contribution >= 0.6 is 0 Å². The molecule has 1 N–H and O–H groups in total. The van der Waals surface area contributed by atoms with Crippen molar-refractivity contribution in [3.05, 3.63) is 0 Å². The molecule has 4 heteroatoms. The molecule has 0 unspecified atom stereocenters. The van der Waals surface area contributed by atoms with Crippen molar-refractivity contribution < 1.29 is 14.7 Å². The highest BCUT2D eigenvalue weighted by Gasteiger charge is 2.63. The van der Waals surface area contributed by atoms with E-state index in [1.807, 2.05) is 6.92 Å². The fraction of sp³-hybridized carbons (Fsp3) is 0.867. The van der Waals surface area contributed by atoms with Gasteiger partial charge in [0.2, 0.25) is 6.41 Å². The third kappa shape index (κ3) is 1.65. The largest absolute Gasteiger partial charge is 0.479 e. The zero-order chi connectivity index (χ0) is 13.6. The molecule has 4 rings (SSSR count). The second-order valence-electron chi connectivity index (χ2n) is 6.73. The summed E-state index contributed by atoms with van der Waals surface area (Å²) in [4.78, 5) is 25.2. The average molecular weight is 265 g/mol. The monoisotopic (exact) mass is 265 g/mol. The maximum atomic E-state index is 12.1. The van der Waals surface area contributed by atoms with Crippen LogP contribution in [0.3, 0.4) is 0 Å². The Labute approximate surface area is 114 Å². The molecule has 0 aromatic rings. The summed E-state index contributed by atoms with van der Waals surface area (Å²) in [6.45, 7) is 2.57. The van der Waals surface area contributed by atoms with Gasteiger partial charge in [-0.05, 0) is 62.2 Å². The molecule has 0 atom stereocenters. The molecule has 4 aliphatic rings. The first-order valence-electron chi connectivity index (χ1n) is 7.58. The Kier molecular flexibility index (Phi) is 3.06. The van der Waals surface area contributed by atoms with E-state index in [9.17, 15) is 14.7 Å². The number of hydrogen-bond donors (Lipinski definition) is 1. The van der Waals surface area contributed by atoms with E-state index in [0.717, 1.165) is 38.5 Å². The minimum Gasteiger partial charge on any atom is -0.479 e. The summed E-state index contributed by atoms with van der Waals surface area (Å²) >= 11 is 0. The Morgan fingerprint density at radius 1 is 1.21 bits per heavy atom. The maximum absolute atomic E-state index is 12.1. The highest BCUT2D eigenvalue weighted by molar-refractivity contribution is 5.83. The second-order valence-corrected chi connectivity index (χ2v) is 6.73. The molecule has 0 aliphatic heterocycles. The standard InChI is InChI=1S/C15H23NO3/c1-2-3-16(9-17)15(14(18)19)12-5-10-4-11(7-12)8-13(15)6-10/h9-13H,2-8H2,1H3,(H,18,19). The Hall–Kier alpha value is -1.06. The molecule has 0 heterocycles. The average Bonchev–Trinajstić information content (AvgIpc) is 2.36. The van der Waals surface area contributed by atoms with Crippen LogP contribution in [-0.4, -0.2) is 34.5 Å². The van der Waals surface area contributed by atoms with Gasteiger partial charge in [-0.1, -0.05) is 6.92 Å². The Morgan fingerprint density at radius 2 is 1.74 bits per heavy atom. The van der Waals surface area contributed by atoms with E-state index in [0.29, 0.717) is 18.4 Å². The number of carboxylic acids is 1. The van der Waals surface area contributed by atoms with Crippen molar-refractivity contribution in [2.24, 2.45) is 23.7 Å². The van der Waals surface area contributed by atoms with Gasteiger partial charge in [-0.15, -0.1) is 0 Å². The molecular weight excluding hydrogens is 242 g/mol. The minimum atomic E-state index is -0.898. The smallest absolute Gasteiger partial charge is 0.330 e. The van der Waals surface area contributed by atoms with Crippen molar-refractivity contribution in [2.45, 2.75) is 51.0 Å². The van der Waals surface area contributed by atoms with Gasteiger partial charge >= 0.3 is 5.97 Å². The summed E-state index contributed by atoms with van der Waals surface area (Å²) in [5.74, 6) is 1.02. The number of aliphatic carboxylic acids is 1. The lowest BCUT2D eigenvalue weighted by molar-refractivity contribution is -0.186. The molecule has 106 valence electrons. The van der Waals surface area contributed by atoms with Gasteiger partial charge in [0.25, 0.3) is 0 Å². The molecule has 19 heavy (non-hydrogen) atoms. The van der Waals surface area contributed by atoms with E-state index >= 15 is 0 Å². The van der Waals surface area contributed by atoms with Gasteiger partial charge in [0.15, 0.2) is 0 Å². The first-order chi connectivity index (χ1) is 9.12. The van der Waals surface area contributed by atoms with Crippen LogP contribution in [0.4, 0.5) is 0 Å². The summed E-state index contributed by atoms with van der Waals surface area (Å²) in [5.41, 5.74) is -0.898. The Balaban J connectivity index is 2.00. The van der Waals surface area contributed by atoms with Gasteiger partial charge in [0.1, 0.15) is 5.54 Å².